The van der Waals surface area contributed by atoms with Gasteiger partial charge in [-0.05, 0) is 32.4 Å². The second-order valence-corrected chi connectivity index (χ2v) is 5.58. The van der Waals surface area contributed by atoms with E-state index in [4.69, 9.17) is 0 Å². The highest BCUT2D eigenvalue weighted by Gasteiger charge is 2.34. The first-order chi connectivity index (χ1) is 9.03. The van der Waals surface area contributed by atoms with Crippen LogP contribution in [0.15, 0.2) is 18.5 Å². The quantitative estimate of drug-likeness (QED) is 0.866. The Kier molecular flexibility index (Phi) is 4.04. The molecular formula is C14H22N4O. The molecule has 1 aliphatic heterocycles. The standard InChI is InChI=1S/C14H22N4O/c1-14(6-4-7-16-10-14)13(19)17-11-9-15-8-5-12(11)18(2)3/h5,8-9,16H,4,6-7,10H2,1-3H3,(H,17,19). The summed E-state index contributed by atoms with van der Waals surface area (Å²) in [5.74, 6) is 0.0656. The highest BCUT2D eigenvalue weighted by atomic mass is 16.2. The number of piperidine rings is 1. The van der Waals surface area contributed by atoms with Crippen molar-refractivity contribution in [2.75, 3.05) is 37.4 Å². The average Bonchev–Trinajstić information content (AvgIpc) is 2.40. The third-order valence-electron chi connectivity index (χ3n) is 3.67. The van der Waals surface area contributed by atoms with Gasteiger partial charge in [0.25, 0.3) is 0 Å². The molecule has 19 heavy (non-hydrogen) atoms. The molecule has 2 rings (SSSR count). The molecule has 1 fully saturated rings. The van der Waals surface area contributed by atoms with E-state index in [1.807, 2.05) is 32.0 Å². The van der Waals surface area contributed by atoms with Crippen molar-refractivity contribution in [1.82, 2.24) is 10.3 Å². The van der Waals surface area contributed by atoms with Crippen LogP contribution in [-0.4, -0.2) is 38.1 Å². The fourth-order valence-electron chi connectivity index (χ4n) is 2.40. The lowest BCUT2D eigenvalue weighted by Gasteiger charge is -2.33. The molecular weight excluding hydrogens is 240 g/mol. The van der Waals surface area contributed by atoms with Gasteiger partial charge in [-0.2, -0.15) is 0 Å². The summed E-state index contributed by atoms with van der Waals surface area (Å²) in [6.45, 7) is 3.75. The maximum absolute atomic E-state index is 12.5. The molecule has 1 aliphatic rings. The van der Waals surface area contributed by atoms with Crippen molar-refractivity contribution in [2.24, 2.45) is 5.41 Å². The Morgan fingerprint density at radius 3 is 2.95 bits per heavy atom. The highest BCUT2D eigenvalue weighted by molar-refractivity contribution is 5.97. The summed E-state index contributed by atoms with van der Waals surface area (Å²) in [4.78, 5) is 18.5. The van der Waals surface area contributed by atoms with Gasteiger partial charge in [0.2, 0.25) is 5.91 Å². The first-order valence-corrected chi connectivity index (χ1v) is 6.66. The van der Waals surface area contributed by atoms with Gasteiger partial charge in [0, 0.05) is 26.8 Å². The zero-order valence-corrected chi connectivity index (χ0v) is 11.9. The fraction of sp³-hybridized carbons (Fsp3) is 0.571. The minimum Gasteiger partial charge on any atom is -0.376 e. The number of nitrogens with one attached hydrogen (secondary N) is 2. The van der Waals surface area contributed by atoms with Gasteiger partial charge in [0.15, 0.2) is 0 Å². The van der Waals surface area contributed by atoms with E-state index in [0.717, 1.165) is 37.3 Å². The third kappa shape index (κ3) is 3.04. The van der Waals surface area contributed by atoms with E-state index in [0.29, 0.717) is 0 Å². The maximum atomic E-state index is 12.5. The lowest BCUT2D eigenvalue weighted by molar-refractivity contribution is -0.125. The van der Waals surface area contributed by atoms with E-state index >= 15 is 0 Å². The van der Waals surface area contributed by atoms with Crippen molar-refractivity contribution < 1.29 is 4.79 Å². The summed E-state index contributed by atoms with van der Waals surface area (Å²) in [5, 5.41) is 6.31. The zero-order valence-electron chi connectivity index (χ0n) is 11.9. The van der Waals surface area contributed by atoms with Crippen LogP contribution in [0.3, 0.4) is 0 Å². The molecule has 2 heterocycles. The first-order valence-electron chi connectivity index (χ1n) is 6.66. The molecule has 1 aromatic heterocycles. The zero-order chi connectivity index (χ0) is 13.9. The van der Waals surface area contributed by atoms with Crippen LogP contribution < -0.4 is 15.5 Å². The van der Waals surface area contributed by atoms with E-state index in [9.17, 15) is 4.79 Å². The fourth-order valence-corrected chi connectivity index (χ4v) is 2.40. The Labute approximate surface area is 114 Å². The number of carbonyl (C=O) groups excluding carboxylic acids is 1. The molecule has 1 saturated heterocycles. The van der Waals surface area contributed by atoms with Gasteiger partial charge in [0.05, 0.1) is 23.0 Å². The van der Waals surface area contributed by atoms with Crippen molar-refractivity contribution in [3.05, 3.63) is 18.5 Å². The molecule has 0 spiro atoms. The first kappa shape index (κ1) is 13.8. The SMILES string of the molecule is CN(C)c1ccncc1NC(=O)C1(C)CCCNC1. The Bertz CT molecular complexity index is 453. The Morgan fingerprint density at radius 1 is 1.53 bits per heavy atom. The van der Waals surface area contributed by atoms with Crippen molar-refractivity contribution in [1.29, 1.82) is 0 Å². The third-order valence-corrected chi connectivity index (χ3v) is 3.67. The number of anilines is 2. The van der Waals surface area contributed by atoms with Gasteiger partial charge in [-0.3, -0.25) is 9.78 Å². The maximum Gasteiger partial charge on any atom is 0.231 e. The molecule has 2 N–H and O–H groups in total. The Hall–Kier alpha value is -1.62. The van der Waals surface area contributed by atoms with Crippen LogP contribution >= 0.6 is 0 Å². The van der Waals surface area contributed by atoms with Gasteiger partial charge in [-0.15, -0.1) is 0 Å². The normalized spacial score (nSPS) is 22.9. The molecule has 0 aromatic carbocycles. The number of rotatable bonds is 3. The molecule has 1 amide bonds. The number of amides is 1. The predicted octanol–water partition coefficient (Wildman–Crippen LogP) is 1.48. The van der Waals surface area contributed by atoms with Gasteiger partial charge in [-0.1, -0.05) is 0 Å². The second-order valence-electron chi connectivity index (χ2n) is 5.58. The van der Waals surface area contributed by atoms with Gasteiger partial charge in [0.1, 0.15) is 0 Å². The molecule has 1 atom stereocenters. The lowest BCUT2D eigenvalue weighted by atomic mass is 9.82. The highest BCUT2D eigenvalue weighted by Crippen LogP contribution is 2.29. The molecule has 5 heteroatoms. The van der Waals surface area contributed by atoms with E-state index in [2.05, 4.69) is 15.6 Å². The molecule has 5 nitrogen and oxygen atoms in total. The summed E-state index contributed by atoms with van der Waals surface area (Å²) in [5.41, 5.74) is 1.40. The largest absolute Gasteiger partial charge is 0.376 e. The van der Waals surface area contributed by atoms with Crippen LogP contribution in [0.2, 0.25) is 0 Å². The van der Waals surface area contributed by atoms with Gasteiger partial charge in [-0.25, -0.2) is 0 Å². The average molecular weight is 262 g/mol. The summed E-state index contributed by atoms with van der Waals surface area (Å²) < 4.78 is 0. The van der Waals surface area contributed by atoms with Crippen molar-refractivity contribution in [3.8, 4) is 0 Å². The molecule has 1 unspecified atom stereocenters. The monoisotopic (exact) mass is 262 g/mol. The number of aromatic nitrogens is 1. The second kappa shape index (κ2) is 5.57. The van der Waals surface area contributed by atoms with Crippen LogP contribution in [0.1, 0.15) is 19.8 Å². The predicted molar refractivity (Wildman–Crippen MR) is 77.4 cm³/mol. The van der Waals surface area contributed by atoms with Gasteiger partial charge >= 0.3 is 0 Å². The topological polar surface area (TPSA) is 57.3 Å². The number of carbonyl (C=O) groups is 1. The molecule has 104 valence electrons. The Balaban J connectivity index is 2.14. The lowest BCUT2D eigenvalue weighted by Crippen LogP contribution is -2.46. The van der Waals surface area contributed by atoms with E-state index in [1.165, 1.54) is 0 Å². The number of nitrogens with zero attached hydrogens (tertiary/aromatic N) is 2. The molecule has 0 bridgehead atoms. The van der Waals surface area contributed by atoms with Crippen molar-refractivity contribution >= 4 is 17.3 Å². The summed E-state index contributed by atoms with van der Waals surface area (Å²) in [7, 11) is 3.91. The molecule has 0 saturated carbocycles. The van der Waals surface area contributed by atoms with E-state index in [-0.39, 0.29) is 11.3 Å². The van der Waals surface area contributed by atoms with Crippen LogP contribution in [-0.2, 0) is 4.79 Å². The molecule has 0 aliphatic carbocycles. The minimum absolute atomic E-state index is 0.0656. The Morgan fingerprint density at radius 2 is 2.32 bits per heavy atom. The van der Waals surface area contributed by atoms with Crippen LogP contribution in [0, 0.1) is 5.41 Å². The van der Waals surface area contributed by atoms with E-state index < -0.39 is 0 Å². The summed E-state index contributed by atoms with van der Waals surface area (Å²) >= 11 is 0. The number of hydrogen-bond acceptors (Lipinski definition) is 4. The van der Waals surface area contributed by atoms with Crippen LogP contribution in [0.25, 0.3) is 0 Å². The van der Waals surface area contributed by atoms with E-state index in [1.54, 1.807) is 12.4 Å². The van der Waals surface area contributed by atoms with Crippen molar-refractivity contribution in [3.63, 3.8) is 0 Å². The number of pyridine rings is 1. The van der Waals surface area contributed by atoms with Crippen LogP contribution in [0.4, 0.5) is 11.4 Å². The number of hydrogen-bond donors (Lipinski definition) is 2. The summed E-state index contributed by atoms with van der Waals surface area (Å²) in [6.07, 6.45) is 5.39. The molecule has 1 aromatic rings. The van der Waals surface area contributed by atoms with Crippen molar-refractivity contribution in [2.45, 2.75) is 19.8 Å². The van der Waals surface area contributed by atoms with Crippen LogP contribution in [0.5, 0.6) is 0 Å². The smallest absolute Gasteiger partial charge is 0.231 e. The van der Waals surface area contributed by atoms with Gasteiger partial charge < -0.3 is 15.5 Å². The summed E-state index contributed by atoms with van der Waals surface area (Å²) in [6, 6.07) is 1.90. The minimum atomic E-state index is -0.336. The molecule has 0 radical (unpaired) electrons.